The maximum atomic E-state index is 11.8. The number of fused-ring (bicyclic) bond motifs is 1. The number of likely N-dealkylation sites (N-methyl/N-ethyl adjacent to an activating group) is 1. The Morgan fingerprint density at radius 2 is 2.05 bits per heavy atom. The van der Waals surface area contributed by atoms with Crippen molar-refractivity contribution in [2.75, 3.05) is 25.1 Å². The minimum Gasteiger partial charge on any atom is -0.481 e. The van der Waals surface area contributed by atoms with Crippen LogP contribution in [-0.4, -0.2) is 26.1 Å². The van der Waals surface area contributed by atoms with Crippen molar-refractivity contribution in [1.29, 1.82) is 0 Å². The highest BCUT2D eigenvalue weighted by Crippen LogP contribution is 2.39. The maximum Gasteiger partial charge on any atom is 0.264 e. The van der Waals surface area contributed by atoms with Gasteiger partial charge in [-0.25, -0.2) is 0 Å². The Hall–Kier alpha value is -1.55. The van der Waals surface area contributed by atoms with Crippen molar-refractivity contribution in [1.82, 2.24) is 0 Å². The Morgan fingerprint density at radius 3 is 2.63 bits per heavy atom. The first-order chi connectivity index (χ1) is 8.84. The van der Waals surface area contributed by atoms with Crippen LogP contribution in [0, 0.1) is 0 Å². The quantitative estimate of drug-likeness (QED) is 0.885. The number of ether oxygens (including phenoxy) is 1. The van der Waals surface area contributed by atoms with Gasteiger partial charge in [-0.2, -0.15) is 0 Å². The summed E-state index contributed by atoms with van der Waals surface area (Å²) in [5.74, 6) is 0.790. The molecule has 1 aromatic rings. The van der Waals surface area contributed by atoms with Gasteiger partial charge in [0.15, 0.2) is 6.61 Å². The van der Waals surface area contributed by atoms with Crippen molar-refractivity contribution in [3.8, 4) is 5.75 Å². The van der Waals surface area contributed by atoms with Gasteiger partial charge >= 0.3 is 0 Å². The molecule has 1 amide bonds. The number of hydrogen-bond donors (Lipinski definition) is 1. The molecule has 1 aliphatic heterocycles. The lowest BCUT2D eigenvalue weighted by Crippen LogP contribution is -2.36. The third-order valence-electron chi connectivity index (χ3n) is 3.50. The third-order valence-corrected chi connectivity index (χ3v) is 3.50. The number of nitrogens with two attached hydrogens (primary N) is 1. The third kappa shape index (κ3) is 2.59. The Kier molecular flexibility index (Phi) is 3.54. The molecule has 19 heavy (non-hydrogen) atoms. The topological polar surface area (TPSA) is 55.6 Å². The summed E-state index contributed by atoms with van der Waals surface area (Å²) >= 11 is 0. The number of amides is 1. The van der Waals surface area contributed by atoms with E-state index in [1.165, 1.54) is 5.56 Å². The first kappa shape index (κ1) is 13.9. The van der Waals surface area contributed by atoms with Crippen LogP contribution in [0.2, 0.25) is 0 Å². The van der Waals surface area contributed by atoms with Gasteiger partial charge in [0.25, 0.3) is 5.91 Å². The molecule has 4 nitrogen and oxygen atoms in total. The van der Waals surface area contributed by atoms with Gasteiger partial charge in [0.2, 0.25) is 0 Å². The fourth-order valence-electron chi connectivity index (χ4n) is 2.23. The number of carbonyl (C=O) groups excluding carboxylic acids is 1. The second-order valence-electron chi connectivity index (χ2n) is 6.01. The molecule has 1 heterocycles. The van der Waals surface area contributed by atoms with E-state index in [1.54, 1.807) is 11.9 Å². The summed E-state index contributed by atoms with van der Waals surface area (Å²) in [6.07, 6.45) is 0.758. The summed E-state index contributed by atoms with van der Waals surface area (Å²) in [4.78, 5) is 13.4. The van der Waals surface area contributed by atoms with Crippen molar-refractivity contribution in [3.05, 3.63) is 23.3 Å². The van der Waals surface area contributed by atoms with Gasteiger partial charge in [-0.3, -0.25) is 4.79 Å². The molecule has 2 rings (SSSR count). The van der Waals surface area contributed by atoms with Gasteiger partial charge in [-0.1, -0.05) is 26.8 Å². The lowest BCUT2D eigenvalue weighted by molar-refractivity contribution is -0.121. The van der Waals surface area contributed by atoms with Gasteiger partial charge < -0.3 is 15.4 Å². The fourth-order valence-corrected chi connectivity index (χ4v) is 2.23. The summed E-state index contributed by atoms with van der Waals surface area (Å²) in [6, 6.07) is 4.20. The highest BCUT2D eigenvalue weighted by Gasteiger charge is 2.27. The van der Waals surface area contributed by atoms with Gasteiger partial charge in [0, 0.05) is 7.05 Å². The first-order valence-corrected chi connectivity index (χ1v) is 6.61. The number of benzene rings is 1. The molecule has 0 bridgehead atoms. The van der Waals surface area contributed by atoms with E-state index < -0.39 is 0 Å². The van der Waals surface area contributed by atoms with Crippen LogP contribution in [0.3, 0.4) is 0 Å². The van der Waals surface area contributed by atoms with Crippen molar-refractivity contribution in [3.63, 3.8) is 0 Å². The minimum absolute atomic E-state index is 0.0164. The van der Waals surface area contributed by atoms with E-state index in [0.29, 0.717) is 6.54 Å². The standard InChI is InChI=1S/C15H22N2O2/c1-15(2,3)11-7-10(5-6-16)14-12(8-11)17(4)13(18)9-19-14/h7-8H,5-6,9,16H2,1-4H3. The number of rotatable bonds is 2. The normalized spacial score (nSPS) is 15.2. The van der Waals surface area contributed by atoms with E-state index in [0.717, 1.165) is 23.4 Å². The minimum atomic E-state index is -0.0164. The van der Waals surface area contributed by atoms with E-state index in [4.69, 9.17) is 10.5 Å². The van der Waals surface area contributed by atoms with Gasteiger partial charge in [-0.05, 0) is 35.6 Å². The van der Waals surface area contributed by atoms with Crippen LogP contribution in [0.4, 0.5) is 5.69 Å². The Morgan fingerprint density at radius 1 is 1.37 bits per heavy atom. The number of nitrogens with zero attached hydrogens (tertiary/aromatic N) is 1. The zero-order valence-corrected chi connectivity index (χ0v) is 12.1. The molecule has 2 N–H and O–H groups in total. The number of hydrogen-bond acceptors (Lipinski definition) is 3. The predicted molar refractivity (Wildman–Crippen MR) is 76.8 cm³/mol. The summed E-state index contributed by atoms with van der Waals surface area (Å²) in [5, 5.41) is 0. The largest absolute Gasteiger partial charge is 0.481 e. The molecule has 1 aromatic carbocycles. The summed E-state index contributed by atoms with van der Waals surface area (Å²) in [6.45, 7) is 7.16. The van der Waals surface area contributed by atoms with Crippen LogP contribution >= 0.6 is 0 Å². The summed E-state index contributed by atoms with van der Waals surface area (Å²) < 4.78 is 5.61. The fraction of sp³-hybridized carbons (Fsp3) is 0.533. The lowest BCUT2D eigenvalue weighted by Gasteiger charge is -2.30. The van der Waals surface area contributed by atoms with Crippen molar-refractivity contribution < 1.29 is 9.53 Å². The van der Waals surface area contributed by atoms with Crippen LogP contribution in [-0.2, 0) is 16.6 Å². The molecule has 0 unspecified atom stereocenters. The van der Waals surface area contributed by atoms with Crippen LogP contribution in [0.1, 0.15) is 31.9 Å². The molecule has 0 aliphatic carbocycles. The SMILES string of the molecule is CN1C(=O)COc2c(CCN)cc(C(C)(C)C)cc21. The highest BCUT2D eigenvalue weighted by atomic mass is 16.5. The summed E-state index contributed by atoms with van der Waals surface area (Å²) in [7, 11) is 1.79. The zero-order valence-electron chi connectivity index (χ0n) is 12.1. The second-order valence-corrected chi connectivity index (χ2v) is 6.01. The van der Waals surface area contributed by atoms with Gasteiger partial charge in [-0.15, -0.1) is 0 Å². The molecule has 0 atom stereocenters. The smallest absolute Gasteiger partial charge is 0.264 e. The van der Waals surface area contributed by atoms with E-state index in [2.05, 4.69) is 26.8 Å². The average molecular weight is 262 g/mol. The molecule has 0 saturated heterocycles. The molecule has 0 saturated carbocycles. The predicted octanol–water partition coefficient (Wildman–Crippen LogP) is 1.84. The molecule has 1 aliphatic rings. The van der Waals surface area contributed by atoms with E-state index in [9.17, 15) is 4.79 Å². The molecular formula is C15H22N2O2. The Labute approximate surface area is 114 Å². The molecule has 4 heteroatoms. The molecule has 0 spiro atoms. The zero-order chi connectivity index (χ0) is 14.2. The Bertz CT molecular complexity index is 504. The highest BCUT2D eigenvalue weighted by molar-refractivity contribution is 5.97. The van der Waals surface area contributed by atoms with Crippen LogP contribution in [0.15, 0.2) is 12.1 Å². The van der Waals surface area contributed by atoms with Crippen LogP contribution in [0.25, 0.3) is 0 Å². The average Bonchev–Trinajstić information content (AvgIpc) is 2.33. The van der Waals surface area contributed by atoms with E-state index in [1.807, 2.05) is 6.07 Å². The van der Waals surface area contributed by atoms with E-state index in [-0.39, 0.29) is 17.9 Å². The van der Waals surface area contributed by atoms with Crippen molar-refractivity contribution in [2.24, 2.45) is 5.73 Å². The Balaban J connectivity index is 2.59. The summed E-state index contributed by atoms with van der Waals surface area (Å²) in [5.41, 5.74) is 8.84. The molecule has 104 valence electrons. The number of anilines is 1. The molecule has 0 fully saturated rings. The van der Waals surface area contributed by atoms with Crippen molar-refractivity contribution in [2.45, 2.75) is 32.6 Å². The lowest BCUT2D eigenvalue weighted by atomic mass is 9.85. The van der Waals surface area contributed by atoms with Crippen LogP contribution in [0.5, 0.6) is 5.75 Å². The monoisotopic (exact) mass is 262 g/mol. The maximum absolute atomic E-state index is 11.8. The van der Waals surface area contributed by atoms with Gasteiger partial charge in [0.05, 0.1) is 5.69 Å². The van der Waals surface area contributed by atoms with E-state index >= 15 is 0 Å². The second kappa shape index (κ2) is 4.85. The first-order valence-electron chi connectivity index (χ1n) is 6.61. The van der Waals surface area contributed by atoms with Crippen LogP contribution < -0.4 is 15.4 Å². The molecule has 0 aromatic heterocycles. The van der Waals surface area contributed by atoms with Gasteiger partial charge in [0.1, 0.15) is 5.75 Å². The molecular weight excluding hydrogens is 240 g/mol. The number of carbonyl (C=O) groups is 1. The van der Waals surface area contributed by atoms with Crippen molar-refractivity contribution >= 4 is 11.6 Å². The molecule has 0 radical (unpaired) electrons.